The summed E-state index contributed by atoms with van der Waals surface area (Å²) in [5.74, 6) is 0. The number of rotatable bonds is 18. The number of aromatic nitrogens is 3. The van der Waals surface area contributed by atoms with Gasteiger partial charge in [0.15, 0.2) is 35.7 Å². The van der Waals surface area contributed by atoms with E-state index < -0.39 is 35.7 Å². The van der Waals surface area contributed by atoms with E-state index in [9.17, 15) is 0 Å². The minimum atomic E-state index is -3.61. The highest BCUT2D eigenvalue weighted by atomic mass is 31.2. The van der Waals surface area contributed by atoms with Gasteiger partial charge in [-0.25, -0.2) is 0 Å². The van der Waals surface area contributed by atoms with Crippen molar-refractivity contribution in [1.82, 2.24) is 13.7 Å². The third-order valence-corrected chi connectivity index (χ3v) is 38.1. The Hall–Kier alpha value is -12.7. The number of nitrogens with zero attached hydrogens (tertiary/aromatic N) is 3. The highest BCUT2D eigenvalue weighted by Gasteiger charge is 2.37. The fourth-order valence-electron chi connectivity index (χ4n) is 17.4. The Morgan fingerprint density at radius 3 is 0.461 bits per heavy atom. The van der Waals surface area contributed by atoms with Gasteiger partial charge in [-0.1, -0.05) is 322 Å². The van der Waals surface area contributed by atoms with Crippen LogP contribution < -0.4 is 79.6 Å². The van der Waals surface area contributed by atoms with Crippen molar-refractivity contribution < 1.29 is 22.8 Å². The van der Waals surface area contributed by atoms with Gasteiger partial charge < -0.3 is 36.5 Å². The summed E-state index contributed by atoms with van der Waals surface area (Å²) in [5.41, 5.74) is 7.30. The summed E-state index contributed by atoms with van der Waals surface area (Å²) < 4.78 is 90.6. The van der Waals surface area contributed by atoms with Crippen molar-refractivity contribution in [2.24, 2.45) is 0 Å². The van der Waals surface area contributed by atoms with E-state index in [1.165, 1.54) is 0 Å². The van der Waals surface area contributed by atoms with Crippen molar-refractivity contribution in [3.8, 4) is 17.1 Å². The molecule has 550 valence electrons. The average molecular weight is 1570 g/mol. The fraction of sp³-hybridized carbons (Fsp3) is 0. The number of benzene rings is 17. The maximum atomic E-state index is 16.8. The fourth-order valence-corrected chi connectivity index (χ4v) is 30.7. The first kappa shape index (κ1) is 71.3. The van der Waals surface area contributed by atoms with Gasteiger partial charge >= 0.3 is 0 Å². The van der Waals surface area contributed by atoms with Crippen molar-refractivity contribution in [2.75, 3.05) is 0 Å². The van der Waals surface area contributed by atoms with Gasteiger partial charge in [0.25, 0.3) is 0 Å². The van der Waals surface area contributed by atoms with Crippen LogP contribution in [0.15, 0.2) is 437 Å². The van der Waals surface area contributed by atoms with Gasteiger partial charge in [0.1, 0.15) is 0 Å². The normalized spacial score (nSPS) is 12.3. The largest absolute Gasteiger partial charge is 0.309 e. The first-order valence-electron chi connectivity index (χ1n) is 38.4. The highest BCUT2D eigenvalue weighted by molar-refractivity contribution is 7.87. The van der Waals surface area contributed by atoms with E-state index in [0.717, 1.165) is 93.1 Å². The van der Waals surface area contributed by atoms with Gasteiger partial charge in [0, 0.05) is 112 Å². The monoisotopic (exact) mass is 1570 g/mol. The van der Waals surface area contributed by atoms with Crippen molar-refractivity contribution in [2.45, 2.75) is 0 Å². The zero-order chi connectivity index (χ0) is 77.5. The van der Waals surface area contributed by atoms with Crippen molar-refractivity contribution in [1.29, 1.82) is 0 Å². The van der Waals surface area contributed by atoms with E-state index in [1.807, 2.05) is 334 Å². The summed E-state index contributed by atoms with van der Waals surface area (Å²) in [4.78, 5) is 0. The summed E-state index contributed by atoms with van der Waals surface area (Å²) in [7, 11) is -17.9. The van der Waals surface area contributed by atoms with E-state index in [0.29, 0.717) is 69.0 Å². The molecule has 0 atom stereocenters. The Kier molecular flexibility index (Phi) is 17.8. The Bertz CT molecular complexity index is 6560. The van der Waals surface area contributed by atoms with Crippen LogP contribution in [0.3, 0.4) is 0 Å². The zero-order valence-electron chi connectivity index (χ0n) is 62.2. The minimum Gasteiger partial charge on any atom is -0.309 e. The zero-order valence-corrected chi connectivity index (χ0v) is 66.7. The lowest BCUT2D eigenvalue weighted by Crippen LogP contribution is -2.25. The first-order chi connectivity index (χ1) is 56.4. The maximum absolute atomic E-state index is 16.8. The Labute approximate surface area is 666 Å². The summed E-state index contributed by atoms with van der Waals surface area (Å²) in [6.45, 7) is 0. The van der Waals surface area contributed by atoms with Gasteiger partial charge in [-0.15, -0.1) is 0 Å². The molecule has 20 aromatic rings. The molecule has 0 unspecified atom stereocenters. The van der Waals surface area contributed by atoms with Crippen molar-refractivity contribution >= 4 is 181 Å². The molecule has 17 aromatic carbocycles. The molecule has 0 saturated carbocycles. The molecule has 0 fully saturated rings. The topological polar surface area (TPSA) is 100 Å². The molecule has 0 saturated heterocycles. The Morgan fingerprint density at radius 2 is 0.278 bits per heavy atom. The molecule has 0 N–H and O–H groups in total. The van der Waals surface area contributed by atoms with Gasteiger partial charge in [0.05, 0.1) is 50.2 Å². The molecule has 0 aliphatic heterocycles. The Balaban J connectivity index is 0.909. The lowest BCUT2D eigenvalue weighted by Gasteiger charge is -2.21. The number of hydrogen-bond donors (Lipinski definition) is 0. The quantitative estimate of drug-likeness (QED) is 0.0797. The molecule has 3 heterocycles. The van der Waals surface area contributed by atoms with Crippen LogP contribution in [0.2, 0.25) is 0 Å². The number of para-hydroxylation sites is 1. The summed E-state index contributed by atoms with van der Waals surface area (Å²) >= 11 is 0. The number of hydrogen-bond acceptors (Lipinski definition) is 5. The third-order valence-electron chi connectivity index (χ3n) is 22.8. The summed E-state index contributed by atoms with van der Waals surface area (Å²) in [6, 6.07) is 144. The molecule has 8 nitrogen and oxygen atoms in total. The van der Waals surface area contributed by atoms with Crippen LogP contribution in [0.5, 0.6) is 0 Å². The molecule has 0 spiro atoms. The summed E-state index contributed by atoms with van der Waals surface area (Å²) in [5, 5.41) is 15.3. The predicted molar refractivity (Wildman–Crippen MR) is 486 cm³/mol. The van der Waals surface area contributed by atoms with Crippen molar-refractivity contribution in [3.63, 3.8) is 0 Å². The van der Waals surface area contributed by atoms with E-state index in [4.69, 9.17) is 0 Å². The van der Waals surface area contributed by atoms with E-state index in [-0.39, 0.29) is 0 Å². The SMILES string of the molecule is O=P(c1ccccc1)(c1ccccc1)c1ccc2c(c1)c1ccccc1n2-c1cc(-n2c3ccc(P(=O)(c4ccccc4)c4ccccc4)cc3c3cc(P(=O)(c4ccccc4)c4ccccc4)ccc32)cc(-n2c3ccc(P(=O)(c4ccccc4)c4ccccc4)cc3c3cc(P(=O)(c4ccccc4)c4ccccc4)ccc32)c1. The van der Waals surface area contributed by atoms with Crippen LogP contribution in [0, 0.1) is 0 Å². The molecule has 0 radical (unpaired) electrons. The lowest BCUT2D eigenvalue weighted by atomic mass is 10.1. The standard InChI is InChI=1S/C102H72N3O5P5/c106-111(76-33-11-1-12-34-76,77-35-13-2-14-36-77)86-55-60-98-92(68-86)91-53-31-32-54-97(91)103(98)73-65-74(104-99-61-56-87(112(107,78-37-15-3-16-38-78)79-39-17-4-18-40-79)69-93(99)94-70-88(57-62-100(94)104)113(108,80-41-19-5-20-42-80)81-43-21-6-22-44-81)67-75(66-73)105-101-63-58-89(114(109,82-45-23-7-24-46-82)83-47-25-8-26-48-83)71-95(101)96-72-90(59-64-102(96)105)115(110,84-49-27-9-28-50-84)85-51-29-10-30-52-85/h1-72H. The van der Waals surface area contributed by atoms with Crippen LogP contribution >= 0.6 is 35.7 Å². The summed E-state index contributed by atoms with van der Waals surface area (Å²) in [6.07, 6.45) is 0. The maximum Gasteiger partial charge on any atom is 0.171 e. The molecular weight excluding hydrogens is 1500 g/mol. The lowest BCUT2D eigenvalue weighted by molar-refractivity contribution is 0.591. The second-order valence-electron chi connectivity index (χ2n) is 29.1. The van der Waals surface area contributed by atoms with Crippen molar-refractivity contribution in [3.05, 3.63) is 437 Å². The molecule has 115 heavy (non-hydrogen) atoms. The first-order valence-corrected chi connectivity index (χ1v) is 46.9. The van der Waals surface area contributed by atoms with E-state index in [1.54, 1.807) is 0 Å². The molecule has 13 heteroatoms. The average Bonchev–Trinajstić information content (AvgIpc) is 1.58. The molecule has 3 aromatic heterocycles. The predicted octanol–water partition coefficient (Wildman–Crippen LogP) is 19.2. The Morgan fingerprint density at radius 1 is 0.130 bits per heavy atom. The molecule has 0 aliphatic carbocycles. The smallest absolute Gasteiger partial charge is 0.171 e. The van der Waals surface area contributed by atoms with Crippen LogP contribution in [-0.2, 0) is 22.8 Å². The third kappa shape index (κ3) is 11.6. The molecule has 0 amide bonds. The molecule has 0 aliphatic rings. The van der Waals surface area contributed by atoms with Gasteiger partial charge in [0.2, 0.25) is 0 Å². The van der Waals surface area contributed by atoms with Crippen LogP contribution in [0.25, 0.3) is 82.5 Å². The second kappa shape index (κ2) is 28.7. The second-order valence-corrected chi connectivity index (χ2v) is 43.0. The molecule has 20 rings (SSSR count). The minimum absolute atomic E-state index is 0.636. The van der Waals surface area contributed by atoms with Gasteiger partial charge in [-0.05, 0) is 115 Å². The van der Waals surface area contributed by atoms with Gasteiger partial charge in [-0.2, -0.15) is 0 Å². The molecule has 0 bridgehead atoms. The van der Waals surface area contributed by atoms with Crippen LogP contribution in [0.1, 0.15) is 0 Å². The van der Waals surface area contributed by atoms with E-state index >= 15 is 22.8 Å². The number of fused-ring (bicyclic) bond motifs is 9. The molecular formula is C102H72N3O5P5. The highest BCUT2D eigenvalue weighted by Crippen LogP contribution is 2.51. The van der Waals surface area contributed by atoms with Crippen LogP contribution in [-0.4, -0.2) is 13.7 Å². The van der Waals surface area contributed by atoms with Gasteiger partial charge in [-0.3, -0.25) is 0 Å². The van der Waals surface area contributed by atoms with E-state index in [2.05, 4.69) is 117 Å². The van der Waals surface area contributed by atoms with Crippen LogP contribution in [0.4, 0.5) is 0 Å².